The van der Waals surface area contributed by atoms with Gasteiger partial charge in [-0.3, -0.25) is 9.59 Å². The molecule has 0 N–H and O–H groups in total. The van der Waals surface area contributed by atoms with Gasteiger partial charge >= 0.3 is 0 Å². The summed E-state index contributed by atoms with van der Waals surface area (Å²) in [5.74, 6) is 0.252. The number of benzene rings is 1. The highest BCUT2D eigenvalue weighted by molar-refractivity contribution is 5.99. The average molecular weight is 256 g/mol. The Labute approximate surface area is 114 Å². The van der Waals surface area contributed by atoms with Gasteiger partial charge < -0.3 is 0 Å². The second-order valence-electron chi connectivity index (χ2n) is 5.95. The molecule has 1 aromatic carbocycles. The molecule has 0 spiro atoms. The second-order valence-corrected chi connectivity index (χ2v) is 5.95. The van der Waals surface area contributed by atoms with Crippen LogP contribution >= 0.6 is 0 Å². The third-order valence-electron chi connectivity index (χ3n) is 4.06. The van der Waals surface area contributed by atoms with E-state index in [9.17, 15) is 9.59 Å². The lowest BCUT2D eigenvalue weighted by atomic mass is 9.74. The smallest absolute Gasteiger partial charge is 0.163 e. The van der Waals surface area contributed by atoms with Crippen LogP contribution in [-0.4, -0.2) is 11.6 Å². The Balaban J connectivity index is 2.19. The Morgan fingerprint density at radius 2 is 1.84 bits per heavy atom. The molecule has 0 bridgehead atoms. The van der Waals surface area contributed by atoms with E-state index in [0.717, 1.165) is 17.6 Å². The number of Topliss-reactive ketones (excluding diaryl/α,β-unsaturated/α-hetero) is 2. The van der Waals surface area contributed by atoms with Gasteiger partial charge in [-0.05, 0) is 30.3 Å². The Morgan fingerprint density at radius 1 is 1.21 bits per heavy atom. The predicted molar refractivity (Wildman–Crippen MR) is 76.0 cm³/mol. The van der Waals surface area contributed by atoms with Crippen LogP contribution in [0.1, 0.15) is 44.0 Å². The number of carbonyl (C=O) groups excluding carboxylic acids is 2. The van der Waals surface area contributed by atoms with Crippen LogP contribution in [0.5, 0.6) is 0 Å². The minimum absolute atomic E-state index is 0.00849. The van der Waals surface area contributed by atoms with Gasteiger partial charge in [0, 0.05) is 12.0 Å². The summed E-state index contributed by atoms with van der Waals surface area (Å²) in [5.41, 5.74) is 1.55. The number of ketones is 2. The van der Waals surface area contributed by atoms with Gasteiger partial charge in [-0.25, -0.2) is 0 Å². The van der Waals surface area contributed by atoms with Gasteiger partial charge in [-0.2, -0.15) is 0 Å². The van der Waals surface area contributed by atoms with E-state index in [2.05, 4.69) is 13.8 Å². The first-order valence-corrected chi connectivity index (χ1v) is 6.71. The van der Waals surface area contributed by atoms with Crippen LogP contribution < -0.4 is 0 Å². The molecule has 19 heavy (non-hydrogen) atoms. The van der Waals surface area contributed by atoms with Crippen LogP contribution in [0.4, 0.5) is 0 Å². The van der Waals surface area contributed by atoms with E-state index >= 15 is 0 Å². The van der Waals surface area contributed by atoms with Gasteiger partial charge in [0.1, 0.15) is 0 Å². The van der Waals surface area contributed by atoms with Crippen molar-refractivity contribution in [2.24, 2.45) is 11.3 Å². The fourth-order valence-electron chi connectivity index (χ4n) is 2.78. The number of hydrogen-bond acceptors (Lipinski definition) is 2. The van der Waals surface area contributed by atoms with E-state index in [4.69, 9.17) is 0 Å². The quantitative estimate of drug-likeness (QED) is 0.767. The summed E-state index contributed by atoms with van der Waals surface area (Å²) in [4.78, 5) is 24.0. The zero-order valence-electron chi connectivity index (χ0n) is 11.8. The highest BCUT2D eigenvalue weighted by Crippen LogP contribution is 2.45. The number of carbonyl (C=O) groups is 2. The zero-order valence-corrected chi connectivity index (χ0v) is 11.8. The van der Waals surface area contributed by atoms with E-state index in [1.807, 2.05) is 36.4 Å². The normalized spacial score (nSPS) is 21.0. The SMILES string of the molecule is CC(=O)C1=CCC(C)(C)C1CC(=O)c1ccccc1. The summed E-state index contributed by atoms with van der Waals surface area (Å²) in [5, 5.41) is 0. The van der Waals surface area contributed by atoms with Crippen LogP contribution in [0.25, 0.3) is 0 Å². The Hall–Kier alpha value is -1.70. The van der Waals surface area contributed by atoms with Crippen LogP contribution in [0, 0.1) is 11.3 Å². The van der Waals surface area contributed by atoms with Crippen molar-refractivity contribution in [2.45, 2.75) is 33.6 Å². The molecule has 0 aliphatic heterocycles. The van der Waals surface area contributed by atoms with Gasteiger partial charge in [0.05, 0.1) is 0 Å². The molecule has 2 rings (SSSR count). The summed E-state index contributed by atoms with van der Waals surface area (Å²) in [6, 6.07) is 9.31. The molecule has 0 amide bonds. The average Bonchev–Trinajstić information content (AvgIpc) is 2.66. The third kappa shape index (κ3) is 2.83. The molecule has 1 aliphatic rings. The van der Waals surface area contributed by atoms with E-state index < -0.39 is 0 Å². The second kappa shape index (κ2) is 5.12. The molecule has 0 heterocycles. The minimum Gasteiger partial charge on any atom is -0.295 e. The van der Waals surface area contributed by atoms with Crippen molar-refractivity contribution in [2.75, 3.05) is 0 Å². The maximum atomic E-state index is 12.3. The molecule has 100 valence electrons. The van der Waals surface area contributed by atoms with Gasteiger partial charge in [-0.1, -0.05) is 50.3 Å². The predicted octanol–water partition coefficient (Wildman–Crippen LogP) is 3.82. The van der Waals surface area contributed by atoms with Crippen molar-refractivity contribution in [1.82, 2.24) is 0 Å². The summed E-state index contributed by atoms with van der Waals surface area (Å²) >= 11 is 0. The number of rotatable bonds is 4. The molecule has 2 heteroatoms. The Morgan fingerprint density at radius 3 is 2.42 bits per heavy atom. The lowest BCUT2D eigenvalue weighted by Crippen LogP contribution is -2.25. The molecule has 1 aromatic rings. The van der Waals surface area contributed by atoms with Crippen molar-refractivity contribution in [1.29, 1.82) is 0 Å². The first kappa shape index (κ1) is 13.7. The van der Waals surface area contributed by atoms with Crippen molar-refractivity contribution in [3.8, 4) is 0 Å². The van der Waals surface area contributed by atoms with Crippen LogP contribution in [0.2, 0.25) is 0 Å². The molecule has 0 fully saturated rings. The van der Waals surface area contributed by atoms with Crippen molar-refractivity contribution >= 4 is 11.6 Å². The molecular formula is C17H20O2. The summed E-state index contributed by atoms with van der Waals surface area (Å²) in [6.07, 6.45) is 3.29. The lowest BCUT2D eigenvalue weighted by Gasteiger charge is -2.28. The van der Waals surface area contributed by atoms with E-state index in [1.165, 1.54) is 0 Å². The molecule has 0 radical (unpaired) electrons. The van der Waals surface area contributed by atoms with Crippen molar-refractivity contribution in [3.05, 3.63) is 47.5 Å². The van der Waals surface area contributed by atoms with E-state index in [0.29, 0.717) is 6.42 Å². The molecular weight excluding hydrogens is 236 g/mol. The summed E-state index contributed by atoms with van der Waals surface area (Å²) < 4.78 is 0. The van der Waals surface area contributed by atoms with Crippen LogP contribution in [0.15, 0.2) is 42.0 Å². The zero-order chi connectivity index (χ0) is 14.0. The van der Waals surface area contributed by atoms with E-state index in [-0.39, 0.29) is 22.9 Å². The first-order chi connectivity index (χ1) is 8.92. The Kier molecular flexibility index (Phi) is 3.70. The lowest BCUT2D eigenvalue weighted by molar-refractivity contribution is -0.114. The maximum absolute atomic E-state index is 12.3. The number of allylic oxidation sites excluding steroid dienone is 2. The topological polar surface area (TPSA) is 34.1 Å². The molecule has 1 atom stereocenters. The summed E-state index contributed by atoms with van der Waals surface area (Å²) in [6.45, 7) is 5.85. The van der Waals surface area contributed by atoms with Crippen molar-refractivity contribution in [3.63, 3.8) is 0 Å². The van der Waals surface area contributed by atoms with Gasteiger partial charge in [0.15, 0.2) is 11.6 Å². The fourth-order valence-corrected chi connectivity index (χ4v) is 2.78. The Bertz CT molecular complexity index is 523. The molecule has 0 saturated heterocycles. The standard InChI is InChI=1S/C17H20O2/c1-12(18)14-9-10-17(2,3)15(14)11-16(19)13-7-5-4-6-8-13/h4-9,15H,10-11H2,1-3H3. The minimum atomic E-state index is -0.00849. The fraction of sp³-hybridized carbons (Fsp3) is 0.412. The van der Waals surface area contributed by atoms with Crippen molar-refractivity contribution < 1.29 is 9.59 Å². The molecule has 0 aromatic heterocycles. The monoisotopic (exact) mass is 256 g/mol. The third-order valence-corrected chi connectivity index (χ3v) is 4.06. The highest BCUT2D eigenvalue weighted by atomic mass is 16.1. The molecule has 1 unspecified atom stereocenters. The first-order valence-electron chi connectivity index (χ1n) is 6.71. The largest absolute Gasteiger partial charge is 0.295 e. The molecule has 1 aliphatic carbocycles. The van der Waals surface area contributed by atoms with Gasteiger partial charge in [0.2, 0.25) is 0 Å². The van der Waals surface area contributed by atoms with E-state index in [1.54, 1.807) is 6.92 Å². The highest BCUT2D eigenvalue weighted by Gasteiger charge is 2.39. The van der Waals surface area contributed by atoms with Crippen LogP contribution in [0.3, 0.4) is 0 Å². The summed E-state index contributed by atoms with van der Waals surface area (Å²) in [7, 11) is 0. The van der Waals surface area contributed by atoms with Crippen LogP contribution in [-0.2, 0) is 4.79 Å². The molecule has 0 saturated carbocycles. The molecule has 2 nitrogen and oxygen atoms in total. The maximum Gasteiger partial charge on any atom is 0.163 e. The van der Waals surface area contributed by atoms with Gasteiger partial charge in [0.25, 0.3) is 0 Å². The van der Waals surface area contributed by atoms with Gasteiger partial charge in [-0.15, -0.1) is 0 Å². The number of hydrogen-bond donors (Lipinski definition) is 0.